The van der Waals surface area contributed by atoms with E-state index in [0.717, 1.165) is 17.1 Å². The molecule has 0 unspecified atom stereocenters. The molecule has 1 aliphatic rings. The number of aromatic nitrogens is 1. The molecule has 7 nitrogen and oxygen atoms in total. The zero-order chi connectivity index (χ0) is 24.4. The van der Waals surface area contributed by atoms with E-state index in [1.807, 2.05) is 71.6 Å². The number of benzene rings is 2. The van der Waals surface area contributed by atoms with Crippen molar-refractivity contribution in [2.45, 2.75) is 12.1 Å². The minimum atomic E-state index is -0.423. The van der Waals surface area contributed by atoms with Gasteiger partial charge in [0.1, 0.15) is 23.3 Å². The quantitative estimate of drug-likeness (QED) is 0.291. The predicted octanol–water partition coefficient (Wildman–Crippen LogP) is 5.31. The highest BCUT2D eigenvalue weighted by Gasteiger charge is 2.42. The molecule has 0 aliphatic carbocycles. The Morgan fingerprint density at radius 1 is 1.00 bits per heavy atom. The maximum Gasteiger partial charge on any atom is 0.338 e. The van der Waals surface area contributed by atoms with Crippen LogP contribution in [0.3, 0.4) is 0 Å². The molecule has 35 heavy (non-hydrogen) atoms. The molecule has 4 aromatic rings. The lowest BCUT2D eigenvalue weighted by molar-refractivity contribution is 0.0601. The second kappa shape index (κ2) is 9.60. The number of nitrogens with one attached hydrogen (secondary N) is 1. The summed E-state index contributed by atoms with van der Waals surface area (Å²) in [5, 5.41) is 3.97. The van der Waals surface area contributed by atoms with E-state index >= 15 is 0 Å². The van der Waals surface area contributed by atoms with E-state index in [1.54, 1.807) is 25.4 Å². The van der Waals surface area contributed by atoms with Gasteiger partial charge in [-0.1, -0.05) is 24.3 Å². The molecule has 0 spiro atoms. The molecule has 0 amide bonds. The summed E-state index contributed by atoms with van der Waals surface area (Å²) in [6, 6.07) is 23.9. The molecule has 1 N–H and O–H groups in total. The lowest BCUT2D eigenvalue weighted by Gasteiger charge is -2.26. The average molecular weight is 486 g/mol. The molecule has 1 fully saturated rings. The van der Waals surface area contributed by atoms with Gasteiger partial charge in [-0.15, -0.1) is 0 Å². The first-order valence-electron chi connectivity index (χ1n) is 11.0. The van der Waals surface area contributed by atoms with Gasteiger partial charge in [0.05, 0.1) is 31.5 Å². The predicted molar refractivity (Wildman–Crippen MR) is 136 cm³/mol. The number of hydrogen-bond donors (Lipinski definition) is 1. The van der Waals surface area contributed by atoms with Gasteiger partial charge in [0.25, 0.3) is 0 Å². The number of thiocarbonyl (C=S) groups is 1. The SMILES string of the molecule is COC(=O)c1ccccc1-c1ccc([C@H]2[C@H](c3ccccn3)NC(=S)N2c2ccc(OC)cc2)o1. The maximum absolute atomic E-state index is 12.3. The zero-order valence-electron chi connectivity index (χ0n) is 19.2. The summed E-state index contributed by atoms with van der Waals surface area (Å²) in [4.78, 5) is 18.9. The van der Waals surface area contributed by atoms with Crippen LogP contribution in [0.1, 0.15) is 33.9 Å². The van der Waals surface area contributed by atoms with E-state index in [0.29, 0.717) is 27.8 Å². The second-order valence-corrected chi connectivity index (χ2v) is 8.32. The summed E-state index contributed by atoms with van der Waals surface area (Å²) >= 11 is 5.76. The first kappa shape index (κ1) is 22.6. The minimum absolute atomic E-state index is 0.249. The number of hydrogen-bond acceptors (Lipinski definition) is 6. The van der Waals surface area contributed by atoms with Crippen molar-refractivity contribution in [2.75, 3.05) is 19.1 Å². The fourth-order valence-corrected chi connectivity index (χ4v) is 4.65. The van der Waals surface area contributed by atoms with Crippen LogP contribution >= 0.6 is 12.2 Å². The fourth-order valence-electron chi connectivity index (χ4n) is 4.31. The standard InChI is InChI=1S/C27H23N3O4S/c1-32-18-12-10-17(11-13-18)30-25(24(29-27(30)35)21-9-5-6-16-28-21)23-15-14-22(34-23)19-7-3-4-8-20(19)26(31)33-2/h3-16,24-25H,1-2H3,(H,29,35)/t24-,25-/m0/s1. The molecule has 0 bridgehead atoms. The van der Waals surface area contributed by atoms with Gasteiger partial charge in [-0.25, -0.2) is 4.79 Å². The molecular weight excluding hydrogens is 462 g/mol. The van der Waals surface area contributed by atoms with E-state index < -0.39 is 5.97 Å². The topological polar surface area (TPSA) is 76.8 Å². The Hall–Kier alpha value is -4.17. The highest BCUT2D eigenvalue weighted by atomic mass is 32.1. The number of carbonyl (C=O) groups excluding carboxylic acids is 1. The van der Waals surface area contributed by atoms with Crippen LogP contribution in [-0.4, -0.2) is 30.3 Å². The molecule has 0 radical (unpaired) electrons. The van der Waals surface area contributed by atoms with E-state index in [-0.39, 0.29) is 12.1 Å². The van der Waals surface area contributed by atoms with Crippen molar-refractivity contribution >= 4 is 29.0 Å². The minimum Gasteiger partial charge on any atom is -0.497 e. The third-order valence-electron chi connectivity index (χ3n) is 5.96. The normalized spacial score (nSPS) is 17.2. The largest absolute Gasteiger partial charge is 0.497 e. The Balaban J connectivity index is 1.59. The van der Waals surface area contributed by atoms with Gasteiger partial charge in [0, 0.05) is 17.4 Å². The smallest absolute Gasteiger partial charge is 0.338 e. The van der Waals surface area contributed by atoms with Crippen molar-refractivity contribution in [3.8, 4) is 17.1 Å². The van der Waals surface area contributed by atoms with Crippen LogP contribution in [0.15, 0.2) is 89.5 Å². The fraction of sp³-hybridized carbons (Fsp3) is 0.148. The Bertz CT molecular complexity index is 1350. The summed E-state index contributed by atoms with van der Waals surface area (Å²) in [5.41, 5.74) is 2.82. The third kappa shape index (κ3) is 4.24. The Labute approximate surface area is 208 Å². The molecule has 2 aromatic heterocycles. The van der Waals surface area contributed by atoms with Gasteiger partial charge in [-0.3, -0.25) is 4.98 Å². The Morgan fingerprint density at radius 3 is 2.49 bits per heavy atom. The number of methoxy groups -OCH3 is 2. The van der Waals surface area contributed by atoms with Gasteiger partial charge in [-0.05, 0) is 66.8 Å². The van der Waals surface area contributed by atoms with E-state index in [9.17, 15) is 4.79 Å². The van der Waals surface area contributed by atoms with Crippen LogP contribution in [0.5, 0.6) is 5.75 Å². The van der Waals surface area contributed by atoms with E-state index in [1.165, 1.54) is 7.11 Å². The number of esters is 1. The van der Waals surface area contributed by atoms with E-state index in [2.05, 4.69) is 10.3 Å². The van der Waals surface area contributed by atoms with Crippen molar-refractivity contribution in [1.82, 2.24) is 10.3 Å². The first-order chi connectivity index (χ1) is 17.1. The van der Waals surface area contributed by atoms with Crippen LogP contribution in [-0.2, 0) is 4.74 Å². The van der Waals surface area contributed by atoms with Crippen molar-refractivity contribution in [2.24, 2.45) is 0 Å². The number of pyridine rings is 1. The number of nitrogens with zero attached hydrogens (tertiary/aromatic N) is 2. The summed E-state index contributed by atoms with van der Waals surface area (Å²) in [6.07, 6.45) is 1.76. The lowest BCUT2D eigenvalue weighted by Crippen LogP contribution is -2.29. The maximum atomic E-state index is 12.3. The molecule has 2 atom stereocenters. The van der Waals surface area contributed by atoms with Crippen molar-refractivity contribution in [1.29, 1.82) is 0 Å². The zero-order valence-corrected chi connectivity index (χ0v) is 20.0. The summed E-state index contributed by atoms with van der Waals surface area (Å²) < 4.78 is 16.7. The molecule has 1 saturated heterocycles. The number of carbonyl (C=O) groups is 1. The van der Waals surface area contributed by atoms with Gasteiger partial charge in [-0.2, -0.15) is 0 Å². The number of ether oxygens (including phenoxy) is 2. The van der Waals surface area contributed by atoms with E-state index in [4.69, 9.17) is 26.1 Å². The first-order valence-corrected chi connectivity index (χ1v) is 11.4. The highest BCUT2D eigenvalue weighted by Crippen LogP contribution is 2.43. The van der Waals surface area contributed by atoms with Gasteiger partial charge in [0.2, 0.25) is 0 Å². The monoisotopic (exact) mass is 485 g/mol. The summed E-state index contributed by atoms with van der Waals surface area (Å²) in [7, 11) is 3.00. The van der Waals surface area contributed by atoms with Crippen LogP contribution in [0.25, 0.3) is 11.3 Å². The highest BCUT2D eigenvalue weighted by molar-refractivity contribution is 7.80. The molecule has 8 heteroatoms. The molecule has 5 rings (SSSR count). The van der Waals surface area contributed by atoms with Crippen LogP contribution in [0.2, 0.25) is 0 Å². The Kier molecular flexibility index (Phi) is 6.20. The van der Waals surface area contributed by atoms with Gasteiger partial charge < -0.3 is 24.1 Å². The molecule has 3 heterocycles. The molecule has 1 aliphatic heterocycles. The van der Waals surface area contributed by atoms with Crippen LogP contribution in [0, 0.1) is 0 Å². The summed E-state index contributed by atoms with van der Waals surface area (Å²) in [6.45, 7) is 0. The lowest BCUT2D eigenvalue weighted by atomic mass is 10.0. The Morgan fingerprint density at radius 2 is 1.77 bits per heavy atom. The van der Waals surface area contributed by atoms with Crippen molar-refractivity contribution in [3.63, 3.8) is 0 Å². The number of anilines is 1. The van der Waals surface area contributed by atoms with Gasteiger partial charge >= 0.3 is 5.97 Å². The molecule has 176 valence electrons. The third-order valence-corrected chi connectivity index (χ3v) is 6.28. The van der Waals surface area contributed by atoms with Crippen molar-refractivity contribution < 1.29 is 18.7 Å². The average Bonchev–Trinajstić information content (AvgIpc) is 3.53. The number of furan rings is 1. The molecule has 2 aromatic carbocycles. The van der Waals surface area contributed by atoms with Crippen LogP contribution < -0.4 is 15.0 Å². The molecular formula is C27H23N3O4S. The number of rotatable bonds is 6. The molecule has 0 saturated carbocycles. The summed E-state index contributed by atoms with van der Waals surface area (Å²) in [5.74, 6) is 1.57. The van der Waals surface area contributed by atoms with Crippen molar-refractivity contribution in [3.05, 3.63) is 102 Å². The van der Waals surface area contributed by atoms with Crippen LogP contribution in [0.4, 0.5) is 5.69 Å². The second-order valence-electron chi connectivity index (χ2n) is 7.93. The van der Waals surface area contributed by atoms with Gasteiger partial charge in [0.15, 0.2) is 5.11 Å².